The van der Waals surface area contributed by atoms with Crippen LogP contribution in [0.1, 0.15) is 13.8 Å². The van der Waals surface area contributed by atoms with Crippen LogP contribution < -0.4 is 4.72 Å². The summed E-state index contributed by atoms with van der Waals surface area (Å²) in [5, 5.41) is 5.45. The lowest BCUT2D eigenvalue weighted by atomic mass is 10.1. The number of nitrogens with zero attached hydrogens (tertiary/aromatic N) is 3. The van der Waals surface area contributed by atoms with Crippen molar-refractivity contribution in [1.29, 1.82) is 0 Å². The number of hydrogen-bond acceptors (Lipinski definition) is 6. The van der Waals surface area contributed by atoms with E-state index in [4.69, 9.17) is 10.3 Å². The molecule has 0 saturated heterocycles. The number of azide groups is 1. The summed E-state index contributed by atoms with van der Waals surface area (Å²) in [6.45, 7) is 3.47. The summed E-state index contributed by atoms with van der Waals surface area (Å²) in [5.74, 6) is -0.901. The van der Waals surface area contributed by atoms with E-state index in [0.717, 1.165) is 20.2 Å². The lowest BCUT2D eigenvalue weighted by molar-refractivity contribution is -0.143. The van der Waals surface area contributed by atoms with Crippen molar-refractivity contribution in [3.8, 4) is 0 Å². The molecule has 1 atom stereocenters. The van der Waals surface area contributed by atoms with Gasteiger partial charge < -0.3 is 4.74 Å². The normalized spacial score (nSPS) is 12.9. The van der Waals surface area contributed by atoms with E-state index in [2.05, 4.69) is 14.7 Å². The van der Waals surface area contributed by atoms with Crippen molar-refractivity contribution >= 4 is 53.2 Å². The zero-order chi connectivity index (χ0) is 20.5. The van der Waals surface area contributed by atoms with Gasteiger partial charge in [-0.25, -0.2) is 8.42 Å². The van der Waals surface area contributed by atoms with Crippen molar-refractivity contribution in [2.75, 3.05) is 7.11 Å². The molecule has 0 aliphatic heterocycles. The summed E-state index contributed by atoms with van der Waals surface area (Å²) in [7, 11) is -2.69. The Balaban J connectivity index is 2.04. The third-order valence-electron chi connectivity index (χ3n) is 4.30. The number of benzene rings is 2. The number of methoxy groups -OCH3 is 1. The van der Waals surface area contributed by atoms with Crippen LogP contribution in [0.3, 0.4) is 0 Å². The molecule has 10 heteroatoms. The molecule has 0 saturated carbocycles. The average Bonchev–Trinajstić information content (AvgIpc) is 3.02. The van der Waals surface area contributed by atoms with Crippen LogP contribution in [0.25, 0.3) is 30.6 Å². The van der Waals surface area contributed by atoms with Crippen LogP contribution in [0.2, 0.25) is 0 Å². The minimum Gasteiger partial charge on any atom is -0.468 e. The van der Waals surface area contributed by atoms with E-state index in [-0.39, 0.29) is 10.8 Å². The molecule has 1 heterocycles. The second-order valence-electron chi connectivity index (χ2n) is 6.50. The summed E-state index contributed by atoms with van der Waals surface area (Å²) in [6.07, 6.45) is 0. The Morgan fingerprint density at radius 2 is 1.82 bits per heavy atom. The number of nitrogens with one attached hydrogen (secondary N) is 1. The monoisotopic (exact) mass is 418 g/mol. The molecule has 0 unspecified atom stereocenters. The number of ether oxygens (including phenoxy) is 1. The van der Waals surface area contributed by atoms with E-state index in [1.54, 1.807) is 38.1 Å². The SMILES string of the molecule is COC(=O)[C@@H](NS(=O)(=O)c1ccc2c(c1)sc1cc(N=[N+]=[N-])ccc12)C(C)C. The fraction of sp³-hybridized carbons (Fsp3) is 0.278. The predicted octanol–water partition coefficient (Wildman–Crippen LogP) is 4.47. The Kier molecular flexibility index (Phi) is 5.57. The number of carbonyl (C=O) groups is 1. The first-order valence-electron chi connectivity index (χ1n) is 8.38. The van der Waals surface area contributed by atoms with E-state index in [1.807, 2.05) is 6.07 Å². The Labute approximate surface area is 165 Å². The highest BCUT2D eigenvalue weighted by atomic mass is 32.2. The maximum Gasteiger partial charge on any atom is 0.324 e. The van der Waals surface area contributed by atoms with Crippen molar-refractivity contribution in [3.05, 3.63) is 46.8 Å². The number of hydrogen-bond donors (Lipinski definition) is 1. The summed E-state index contributed by atoms with van der Waals surface area (Å²) in [4.78, 5) is 14.7. The van der Waals surface area contributed by atoms with Gasteiger partial charge in [0.25, 0.3) is 0 Å². The lowest BCUT2D eigenvalue weighted by Crippen LogP contribution is -2.44. The van der Waals surface area contributed by atoms with Gasteiger partial charge in [-0.3, -0.25) is 4.79 Å². The number of thiophene rings is 1. The van der Waals surface area contributed by atoms with Crippen LogP contribution in [0.5, 0.6) is 0 Å². The van der Waals surface area contributed by atoms with Crippen LogP contribution >= 0.6 is 11.3 Å². The largest absolute Gasteiger partial charge is 0.468 e. The highest BCUT2D eigenvalue weighted by Gasteiger charge is 2.29. The molecule has 8 nitrogen and oxygen atoms in total. The Morgan fingerprint density at radius 1 is 1.18 bits per heavy atom. The van der Waals surface area contributed by atoms with Gasteiger partial charge in [0.2, 0.25) is 10.0 Å². The number of carbonyl (C=O) groups excluding carboxylic acids is 1. The van der Waals surface area contributed by atoms with Gasteiger partial charge in [-0.15, -0.1) is 11.3 Å². The van der Waals surface area contributed by atoms with Crippen molar-refractivity contribution in [2.45, 2.75) is 24.8 Å². The highest BCUT2D eigenvalue weighted by molar-refractivity contribution is 7.89. The van der Waals surface area contributed by atoms with Crippen molar-refractivity contribution in [2.24, 2.45) is 11.0 Å². The second-order valence-corrected chi connectivity index (χ2v) is 9.29. The Morgan fingerprint density at radius 3 is 2.43 bits per heavy atom. The molecule has 0 aliphatic rings. The number of sulfonamides is 1. The lowest BCUT2D eigenvalue weighted by Gasteiger charge is -2.19. The molecule has 0 amide bonds. The number of fused-ring (bicyclic) bond motifs is 3. The van der Waals surface area contributed by atoms with E-state index in [0.29, 0.717) is 5.69 Å². The molecule has 3 rings (SSSR count). The van der Waals surface area contributed by atoms with E-state index in [9.17, 15) is 13.2 Å². The minimum atomic E-state index is -3.92. The molecule has 0 aliphatic carbocycles. The van der Waals surface area contributed by atoms with Crippen molar-refractivity contribution < 1.29 is 17.9 Å². The molecule has 0 spiro atoms. The van der Waals surface area contributed by atoms with Gasteiger partial charge in [0.1, 0.15) is 6.04 Å². The molecule has 146 valence electrons. The van der Waals surface area contributed by atoms with E-state index in [1.165, 1.54) is 24.5 Å². The number of rotatable bonds is 6. The summed E-state index contributed by atoms with van der Waals surface area (Å²) < 4.78 is 34.4. The Bertz CT molecular complexity index is 1210. The van der Waals surface area contributed by atoms with Crippen LogP contribution in [0, 0.1) is 5.92 Å². The number of esters is 1. The Hall–Kier alpha value is -2.65. The molecule has 0 bridgehead atoms. The van der Waals surface area contributed by atoms with E-state index < -0.39 is 22.0 Å². The predicted molar refractivity (Wildman–Crippen MR) is 109 cm³/mol. The summed E-state index contributed by atoms with van der Waals surface area (Å²) >= 11 is 1.40. The summed E-state index contributed by atoms with van der Waals surface area (Å²) in [5.41, 5.74) is 9.07. The first-order chi connectivity index (χ1) is 13.3. The zero-order valence-electron chi connectivity index (χ0n) is 15.4. The fourth-order valence-electron chi connectivity index (χ4n) is 2.85. The van der Waals surface area contributed by atoms with Gasteiger partial charge in [0, 0.05) is 30.8 Å². The highest BCUT2D eigenvalue weighted by Crippen LogP contribution is 2.37. The molecule has 3 aromatic rings. The smallest absolute Gasteiger partial charge is 0.324 e. The van der Waals surface area contributed by atoms with Gasteiger partial charge in [-0.2, -0.15) is 4.72 Å². The fourth-order valence-corrected chi connectivity index (χ4v) is 5.46. The zero-order valence-corrected chi connectivity index (χ0v) is 17.0. The van der Waals surface area contributed by atoms with Gasteiger partial charge in [0.15, 0.2) is 0 Å². The molecule has 28 heavy (non-hydrogen) atoms. The maximum absolute atomic E-state index is 12.8. The van der Waals surface area contributed by atoms with Gasteiger partial charge in [0.05, 0.1) is 12.0 Å². The first kappa shape index (κ1) is 20.1. The van der Waals surface area contributed by atoms with Crippen LogP contribution in [0.15, 0.2) is 46.4 Å². The molecule has 0 fully saturated rings. The van der Waals surface area contributed by atoms with E-state index >= 15 is 0 Å². The molecule has 1 N–H and O–H groups in total. The van der Waals surface area contributed by atoms with Crippen molar-refractivity contribution in [1.82, 2.24) is 4.72 Å². The third kappa shape index (κ3) is 3.81. The standard InChI is InChI=1S/C18H18N4O4S2/c1-10(2)17(18(23)26-3)21-28(24,25)12-5-7-14-13-6-4-11(20-22-19)8-15(13)27-16(14)9-12/h4-10,17,21H,1-3H3/t17-/m0/s1. The average molecular weight is 419 g/mol. The molecule has 0 radical (unpaired) electrons. The maximum atomic E-state index is 12.8. The minimum absolute atomic E-state index is 0.0661. The first-order valence-corrected chi connectivity index (χ1v) is 10.7. The van der Waals surface area contributed by atoms with Gasteiger partial charge >= 0.3 is 5.97 Å². The van der Waals surface area contributed by atoms with Crippen LogP contribution in [0.4, 0.5) is 5.69 Å². The van der Waals surface area contributed by atoms with Gasteiger partial charge in [-0.1, -0.05) is 37.2 Å². The third-order valence-corrected chi connectivity index (χ3v) is 6.86. The van der Waals surface area contributed by atoms with Crippen LogP contribution in [-0.4, -0.2) is 27.5 Å². The second kappa shape index (κ2) is 7.76. The summed E-state index contributed by atoms with van der Waals surface area (Å²) in [6, 6.07) is 9.16. The topological polar surface area (TPSA) is 121 Å². The van der Waals surface area contributed by atoms with Gasteiger partial charge in [-0.05, 0) is 29.6 Å². The quantitative estimate of drug-likeness (QED) is 0.275. The van der Waals surface area contributed by atoms with Crippen molar-refractivity contribution in [3.63, 3.8) is 0 Å². The molecular weight excluding hydrogens is 400 g/mol. The van der Waals surface area contributed by atoms with Crippen LogP contribution in [-0.2, 0) is 19.6 Å². The molecule has 1 aromatic heterocycles. The molecule has 2 aromatic carbocycles. The molecular formula is C18H18N4O4S2.